The third-order valence-corrected chi connectivity index (χ3v) is 5.76. The smallest absolute Gasteiger partial charge is 0.295 e. The number of carbonyl (C=O) groups is 2. The third kappa shape index (κ3) is 4.16. The van der Waals surface area contributed by atoms with E-state index in [4.69, 9.17) is 0 Å². The Kier molecular flexibility index (Phi) is 5.99. The lowest BCUT2D eigenvalue weighted by Crippen LogP contribution is -2.31. The lowest BCUT2D eigenvalue weighted by atomic mass is 9.95. The number of Topliss-reactive ketones (excluding diaryl/α,β-unsaturated/α-hetero) is 1. The molecule has 1 aliphatic heterocycles. The fraction of sp³-hybridized carbons (Fsp3) is 0.174. The number of aryl methyl sites for hydroxylation is 1. The fourth-order valence-electron chi connectivity index (χ4n) is 3.74. The van der Waals surface area contributed by atoms with Crippen molar-refractivity contribution in [3.63, 3.8) is 0 Å². The summed E-state index contributed by atoms with van der Waals surface area (Å²) in [7, 11) is 0. The van der Waals surface area contributed by atoms with Crippen LogP contribution in [-0.2, 0) is 16.1 Å². The number of benzene rings is 2. The average Bonchev–Trinajstić information content (AvgIpc) is 3.36. The Morgan fingerprint density at radius 2 is 1.84 bits per heavy atom. The van der Waals surface area contributed by atoms with Crippen LogP contribution >= 0.6 is 15.9 Å². The van der Waals surface area contributed by atoms with Gasteiger partial charge < -0.3 is 14.6 Å². The molecule has 3 aromatic rings. The molecule has 0 radical (unpaired) electrons. The summed E-state index contributed by atoms with van der Waals surface area (Å²) in [6.07, 6.45) is 5.66. The fourth-order valence-corrected chi connectivity index (χ4v) is 4.00. The van der Waals surface area contributed by atoms with Crippen LogP contribution in [0.15, 0.2) is 77.3 Å². The van der Waals surface area contributed by atoms with Gasteiger partial charge in [-0.2, -0.15) is 0 Å². The summed E-state index contributed by atoms with van der Waals surface area (Å²) in [5.74, 6) is -2.44. The Hall–Kier alpha value is -3.26. The van der Waals surface area contributed by atoms with Gasteiger partial charge in [0, 0.05) is 41.1 Å². The first kappa shape index (κ1) is 21.0. The number of likely N-dealkylation sites (tertiary alicyclic amines) is 1. The molecular weight excluding hydrogens is 465 g/mol. The van der Waals surface area contributed by atoms with Gasteiger partial charge in [-0.05, 0) is 24.6 Å². The van der Waals surface area contributed by atoms with Gasteiger partial charge in [0.25, 0.3) is 11.7 Å². The molecule has 0 bridgehead atoms. The van der Waals surface area contributed by atoms with Crippen LogP contribution in [0.2, 0.25) is 0 Å². The number of rotatable bonds is 6. The molecule has 1 atom stereocenters. The first-order valence-corrected chi connectivity index (χ1v) is 10.5. The van der Waals surface area contributed by atoms with Crippen molar-refractivity contribution in [1.29, 1.82) is 0 Å². The number of aliphatic hydroxyl groups is 1. The van der Waals surface area contributed by atoms with E-state index < -0.39 is 23.5 Å². The molecule has 2 aromatic carbocycles. The van der Waals surface area contributed by atoms with Gasteiger partial charge in [-0.15, -0.1) is 0 Å². The molecule has 1 aromatic heterocycles. The second kappa shape index (κ2) is 8.85. The Bertz CT molecular complexity index is 1140. The summed E-state index contributed by atoms with van der Waals surface area (Å²) in [5, 5.41) is 10.9. The van der Waals surface area contributed by atoms with Crippen LogP contribution in [0.1, 0.15) is 23.6 Å². The number of aromatic nitrogens is 2. The Morgan fingerprint density at radius 3 is 2.52 bits per heavy atom. The standard InChI is InChI=1S/C23H19BrFN3O3/c24-16-8-6-15(7-9-16)21(29)19-20(17-4-1-2-5-18(17)25)28(23(31)22(19)30)12-3-11-27-13-10-26-14-27/h1-2,4-10,13-14,20,29H,3,11-12H2/b21-19+. The largest absolute Gasteiger partial charge is 0.507 e. The Labute approximate surface area is 186 Å². The average molecular weight is 484 g/mol. The van der Waals surface area contributed by atoms with Crippen LogP contribution in [0.4, 0.5) is 4.39 Å². The summed E-state index contributed by atoms with van der Waals surface area (Å²) in [4.78, 5) is 31.1. The lowest BCUT2D eigenvalue weighted by Gasteiger charge is -2.25. The van der Waals surface area contributed by atoms with Gasteiger partial charge in [0.1, 0.15) is 11.6 Å². The molecule has 4 rings (SSSR count). The van der Waals surface area contributed by atoms with Gasteiger partial charge in [-0.1, -0.05) is 46.3 Å². The van der Waals surface area contributed by atoms with Crippen LogP contribution in [0.3, 0.4) is 0 Å². The predicted molar refractivity (Wildman–Crippen MR) is 116 cm³/mol. The van der Waals surface area contributed by atoms with Gasteiger partial charge in [0.2, 0.25) is 0 Å². The van der Waals surface area contributed by atoms with Crippen molar-refractivity contribution in [1.82, 2.24) is 14.5 Å². The highest BCUT2D eigenvalue weighted by molar-refractivity contribution is 9.10. The SMILES string of the molecule is O=C1C(=O)N(CCCn2ccnc2)C(c2ccccc2F)/C1=C(\O)c1ccc(Br)cc1. The van der Waals surface area contributed by atoms with Crippen LogP contribution in [0.25, 0.3) is 5.76 Å². The quantitative estimate of drug-likeness (QED) is 0.322. The van der Waals surface area contributed by atoms with Gasteiger partial charge >= 0.3 is 0 Å². The maximum Gasteiger partial charge on any atom is 0.295 e. The minimum atomic E-state index is -1.01. The second-order valence-electron chi connectivity index (χ2n) is 7.17. The van der Waals surface area contributed by atoms with Crippen molar-refractivity contribution in [2.24, 2.45) is 0 Å². The number of aliphatic hydroxyl groups excluding tert-OH is 1. The van der Waals surface area contributed by atoms with Crippen LogP contribution < -0.4 is 0 Å². The first-order valence-electron chi connectivity index (χ1n) is 9.72. The van der Waals surface area contributed by atoms with Crippen LogP contribution in [0.5, 0.6) is 0 Å². The molecule has 1 aliphatic rings. The van der Waals surface area contributed by atoms with E-state index in [1.165, 1.54) is 17.0 Å². The molecule has 1 amide bonds. The van der Waals surface area contributed by atoms with Crippen molar-refractivity contribution in [2.75, 3.05) is 6.54 Å². The monoisotopic (exact) mass is 483 g/mol. The summed E-state index contributed by atoms with van der Waals surface area (Å²) >= 11 is 3.33. The number of amides is 1. The zero-order chi connectivity index (χ0) is 22.0. The molecule has 0 spiro atoms. The van der Waals surface area contributed by atoms with Gasteiger partial charge in [-0.25, -0.2) is 9.37 Å². The molecule has 8 heteroatoms. The van der Waals surface area contributed by atoms with Gasteiger partial charge in [0.05, 0.1) is 17.9 Å². The van der Waals surface area contributed by atoms with Crippen molar-refractivity contribution in [3.05, 3.63) is 94.2 Å². The Morgan fingerprint density at radius 1 is 1.10 bits per heavy atom. The molecule has 1 N–H and O–H groups in total. The number of halogens is 2. The van der Waals surface area contributed by atoms with E-state index in [0.29, 0.717) is 18.5 Å². The number of hydrogen-bond donors (Lipinski definition) is 1. The zero-order valence-corrected chi connectivity index (χ0v) is 18.0. The molecule has 0 aliphatic carbocycles. The van der Waals surface area contributed by atoms with Crippen molar-refractivity contribution >= 4 is 33.4 Å². The molecule has 31 heavy (non-hydrogen) atoms. The van der Waals surface area contributed by atoms with Crippen molar-refractivity contribution in [3.8, 4) is 0 Å². The highest BCUT2D eigenvalue weighted by Crippen LogP contribution is 2.40. The highest BCUT2D eigenvalue weighted by Gasteiger charge is 2.46. The van der Waals surface area contributed by atoms with Gasteiger partial charge in [0.15, 0.2) is 0 Å². The second-order valence-corrected chi connectivity index (χ2v) is 8.09. The summed E-state index contributed by atoms with van der Waals surface area (Å²) in [6.45, 7) is 0.804. The van der Waals surface area contributed by atoms with E-state index in [1.54, 1.807) is 55.1 Å². The summed E-state index contributed by atoms with van der Waals surface area (Å²) < 4.78 is 17.4. The molecule has 1 unspecified atom stereocenters. The summed E-state index contributed by atoms with van der Waals surface area (Å²) in [6, 6.07) is 11.7. The van der Waals surface area contributed by atoms with Crippen LogP contribution in [-0.4, -0.2) is 37.8 Å². The normalized spacial score (nSPS) is 18.0. The van der Waals surface area contributed by atoms with E-state index >= 15 is 0 Å². The number of carbonyl (C=O) groups excluding carboxylic acids is 2. The molecule has 158 valence electrons. The topological polar surface area (TPSA) is 75.4 Å². The highest BCUT2D eigenvalue weighted by atomic mass is 79.9. The number of imidazole rings is 1. The van der Waals surface area contributed by atoms with E-state index in [0.717, 1.165) is 4.47 Å². The Balaban J connectivity index is 1.75. The molecule has 2 heterocycles. The van der Waals surface area contributed by atoms with E-state index in [9.17, 15) is 19.1 Å². The summed E-state index contributed by atoms with van der Waals surface area (Å²) in [5.41, 5.74) is 0.434. The van der Waals surface area contributed by atoms with E-state index in [2.05, 4.69) is 20.9 Å². The first-order chi connectivity index (χ1) is 15.0. The predicted octanol–water partition coefficient (Wildman–Crippen LogP) is 4.30. The minimum absolute atomic E-state index is 0.111. The maximum atomic E-state index is 14.7. The zero-order valence-electron chi connectivity index (χ0n) is 16.4. The van der Waals surface area contributed by atoms with Crippen molar-refractivity contribution < 1.29 is 19.1 Å². The van der Waals surface area contributed by atoms with Crippen LogP contribution in [0, 0.1) is 5.82 Å². The molecule has 0 saturated carbocycles. The lowest BCUT2D eigenvalue weighted by molar-refractivity contribution is -0.140. The molecule has 1 fully saturated rings. The minimum Gasteiger partial charge on any atom is -0.507 e. The van der Waals surface area contributed by atoms with E-state index in [-0.39, 0.29) is 23.4 Å². The van der Waals surface area contributed by atoms with Gasteiger partial charge in [-0.3, -0.25) is 9.59 Å². The number of ketones is 1. The van der Waals surface area contributed by atoms with E-state index in [1.807, 2.05) is 4.57 Å². The number of hydrogen-bond acceptors (Lipinski definition) is 4. The third-order valence-electron chi connectivity index (χ3n) is 5.23. The van der Waals surface area contributed by atoms with Crippen molar-refractivity contribution in [2.45, 2.75) is 19.0 Å². The maximum absolute atomic E-state index is 14.7. The molecule has 6 nitrogen and oxygen atoms in total. The number of nitrogens with zero attached hydrogens (tertiary/aromatic N) is 3. The molecular formula is C23H19BrFN3O3. The molecule has 1 saturated heterocycles.